The van der Waals surface area contributed by atoms with Gasteiger partial charge >= 0.3 is 0 Å². The number of nitrogens with zero attached hydrogens (tertiary/aromatic N) is 1. The standard InChI is InChI=1S/C16H19N3OS/c1-10(9-20-3)18-16-19-15(11(2)21-16)13-8-17-14-7-5-4-6-12(13)14/h4-8,10,17H,9H2,1-3H3,(H,18,19)/t10-/m1/s1. The molecular formula is C16H19N3OS. The monoisotopic (exact) mass is 301 g/mol. The van der Waals surface area contributed by atoms with Crippen molar-refractivity contribution in [2.45, 2.75) is 19.9 Å². The van der Waals surface area contributed by atoms with Crippen LogP contribution in [-0.4, -0.2) is 29.7 Å². The number of anilines is 1. The van der Waals surface area contributed by atoms with Gasteiger partial charge in [-0.25, -0.2) is 4.98 Å². The van der Waals surface area contributed by atoms with Gasteiger partial charge in [0.1, 0.15) is 0 Å². The highest BCUT2D eigenvalue weighted by Crippen LogP contribution is 2.34. The summed E-state index contributed by atoms with van der Waals surface area (Å²) in [7, 11) is 1.71. The van der Waals surface area contributed by atoms with Gasteiger partial charge in [0.05, 0.1) is 12.3 Å². The number of aromatic amines is 1. The van der Waals surface area contributed by atoms with Gasteiger partial charge in [0.25, 0.3) is 0 Å². The summed E-state index contributed by atoms with van der Waals surface area (Å²) < 4.78 is 5.15. The molecule has 2 aromatic heterocycles. The number of aryl methyl sites for hydroxylation is 1. The van der Waals surface area contributed by atoms with Gasteiger partial charge in [0.2, 0.25) is 0 Å². The predicted octanol–water partition coefficient (Wildman–Crippen LogP) is 4.05. The molecule has 3 rings (SSSR count). The van der Waals surface area contributed by atoms with Gasteiger partial charge in [-0.05, 0) is 19.9 Å². The van der Waals surface area contributed by atoms with Gasteiger partial charge in [-0.15, -0.1) is 11.3 Å². The number of fused-ring (bicyclic) bond motifs is 1. The number of rotatable bonds is 5. The van der Waals surface area contributed by atoms with Crippen molar-refractivity contribution in [1.82, 2.24) is 9.97 Å². The van der Waals surface area contributed by atoms with E-state index in [1.54, 1.807) is 18.4 Å². The zero-order valence-electron chi connectivity index (χ0n) is 12.4. The lowest BCUT2D eigenvalue weighted by atomic mass is 10.1. The molecule has 0 radical (unpaired) electrons. The number of methoxy groups -OCH3 is 1. The van der Waals surface area contributed by atoms with Gasteiger partial charge in [0, 0.05) is 40.7 Å². The van der Waals surface area contributed by atoms with Crippen molar-refractivity contribution in [2.24, 2.45) is 0 Å². The van der Waals surface area contributed by atoms with E-state index in [1.165, 1.54) is 10.3 Å². The van der Waals surface area contributed by atoms with Crippen LogP contribution < -0.4 is 5.32 Å². The summed E-state index contributed by atoms with van der Waals surface area (Å²) in [6.45, 7) is 4.87. The number of hydrogen-bond acceptors (Lipinski definition) is 4. The molecule has 21 heavy (non-hydrogen) atoms. The molecule has 3 aromatic rings. The minimum absolute atomic E-state index is 0.247. The Labute approximate surface area is 128 Å². The van der Waals surface area contributed by atoms with E-state index >= 15 is 0 Å². The molecule has 0 unspecified atom stereocenters. The smallest absolute Gasteiger partial charge is 0.183 e. The van der Waals surface area contributed by atoms with Crippen LogP contribution in [0.15, 0.2) is 30.5 Å². The normalized spacial score (nSPS) is 12.7. The van der Waals surface area contributed by atoms with E-state index in [0.29, 0.717) is 6.61 Å². The number of H-pyrrole nitrogens is 1. The number of hydrogen-bond donors (Lipinski definition) is 2. The fraction of sp³-hybridized carbons (Fsp3) is 0.312. The first-order valence-corrected chi connectivity index (χ1v) is 7.80. The molecule has 0 saturated heterocycles. The van der Waals surface area contributed by atoms with Gasteiger partial charge in [-0.1, -0.05) is 18.2 Å². The van der Waals surface area contributed by atoms with Gasteiger partial charge in [-0.2, -0.15) is 0 Å². The second kappa shape index (κ2) is 5.87. The molecule has 2 heterocycles. The Morgan fingerprint density at radius 3 is 3.00 bits per heavy atom. The molecule has 0 aliphatic rings. The molecule has 110 valence electrons. The zero-order chi connectivity index (χ0) is 14.8. The second-order valence-corrected chi connectivity index (χ2v) is 6.38. The molecule has 0 saturated carbocycles. The van der Waals surface area contributed by atoms with E-state index in [-0.39, 0.29) is 6.04 Å². The van der Waals surface area contributed by atoms with Crippen molar-refractivity contribution >= 4 is 27.4 Å². The summed E-state index contributed by atoms with van der Waals surface area (Å²) in [5.74, 6) is 0. The first-order valence-electron chi connectivity index (χ1n) is 6.98. The minimum Gasteiger partial charge on any atom is -0.383 e. The van der Waals surface area contributed by atoms with Crippen LogP contribution in [0.5, 0.6) is 0 Å². The van der Waals surface area contributed by atoms with Crippen LogP contribution in [0.1, 0.15) is 11.8 Å². The Balaban J connectivity index is 1.94. The van der Waals surface area contributed by atoms with E-state index in [0.717, 1.165) is 21.9 Å². The quantitative estimate of drug-likeness (QED) is 0.747. The molecule has 0 fully saturated rings. The maximum atomic E-state index is 5.15. The third-order valence-corrected chi connectivity index (χ3v) is 4.33. The van der Waals surface area contributed by atoms with Crippen LogP contribution in [0.4, 0.5) is 5.13 Å². The average molecular weight is 301 g/mol. The number of benzene rings is 1. The first-order chi connectivity index (χ1) is 10.2. The SMILES string of the molecule is COC[C@@H](C)Nc1nc(-c2c[nH]c3ccccc23)c(C)s1. The van der Waals surface area contributed by atoms with Gasteiger partial charge in [-0.3, -0.25) is 0 Å². The van der Waals surface area contributed by atoms with Crippen LogP contribution >= 0.6 is 11.3 Å². The zero-order valence-corrected chi connectivity index (χ0v) is 13.3. The van der Waals surface area contributed by atoms with Gasteiger partial charge in [0.15, 0.2) is 5.13 Å². The number of nitrogens with one attached hydrogen (secondary N) is 2. The Morgan fingerprint density at radius 2 is 2.19 bits per heavy atom. The summed E-state index contributed by atoms with van der Waals surface area (Å²) in [4.78, 5) is 9.28. The lowest BCUT2D eigenvalue weighted by molar-refractivity contribution is 0.190. The molecule has 4 nitrogen and oxygen atoms in total. The number of ether oxygens (including phenoxy) is 1. The predicted molar refractivity (Wildman–Crippen MR) is 89.1 cm³/mol. The maximum Gasteiger partial charge on any atom is 0.183 e. The Bertz CT molecular complexity index is 747. The van der Waals surface area contributed by atoms with E-state index in [2.05, 4.69) is 42.3 Å². The fourth-order valence-electron chi connectivity index (χ4n) is 2.48. The highest BCUT2D eigenvalue weighted by atomic mass is 32.1. The van der Waals surface area contributed by atoms with Crippen molar-refractivity contribution in [3.63, 3.8) is 0 Å². The average Bonchev–Trinajstić information content (AvgIpc) is 3.02. The fourth-order valence-corrected chi connectivity index (χ4v) is 3.42. The highest BCUT2D eigenvalue weighted by Gasteiger charge is 2.14. The maximum absolute atomic E-state index is 5.15. The molecule has 0 amide bonds. The van der Waals surface area contributed by atoms with Crippen LogP contribution in [0.2, 0.25) is 0 Å². The number of para-hydroxylation sites is 1. The summed E-state index contributed by atoms with van der Waals surface area (Å²) in [6.07, 6.45) is 2.04. The van der Waals surface area contributed by atoms with E-state index in [4.69, 9.17) is 9.72 Å². The summed E-state index contributed by atoms with van der Waals surface area (Å²) in [5, 5.41) is 5.54. The number of aromatic nitrogens is 2. The highest BCUT2D eigenvalue weighted by molar-refractivity contribution is 7.16. The van der Waals surface area contributed by atoms with Crippen LogP contribution in [-0.2, 0) is 4.74 Å². The van der Waals surface area contributed by atoms with Gasteiger partial charge < -0.3 is 15.0 Å². The largest absolute Gasteiger partial charge is 0.383 e. The third-order valence-electron chi connectivity index (χ3n) is 3.43. The Hall–Kier alpha value is -1.85. The minimum atomic E-state index is 0.247. The van der Waals surface area contributed by atoms with Crippen molar-refractivity contribution in [3.05, 3.63) is 35.3 Å². The second-order valence-electron chi connectivity index (χ2n) is 5.17. The first kappa shape index (κ1) is 14.1. The van der Waals surface area contributed by atoms with Crippen LogP contribution in [0, 0.1) is 6.92 Å². The van der Waals surface area contributed by atoms with Crippen molar-refractivity contribution in [3.8, 4) is 11.3 Å². The lowest BCUT2D eigenvalue weighted by Crippen LogP contribution is -2.20. The topological polar surface area (TPSA) is 49.9 Å². The van der Waals surface area contributed by atoms with Crippen molar-refractivity contribution in [1.29, 1.82) is 0 Å². The third kappa shape index (κ3) is 2.80. The molecule has 0 spiro atoms. The molecule has 0 aliphatic heterocycles. The lowest BCUT2D eigenvalue weighted by Gasteiger charge is -2.10. The summed E-state index contributed by atoms with van der Waals surface area (Å²) in [6, 6.07) is 8.55. The van der Waals surface area contributed by atoms with E-state index < -0.39 is 0 Å². The Kier molecular flexibility index (Phi) is 3.94. The molecule has 5 heteroatoms. The van der Waals surface area contributed by atoms with Crippen molar-refractivity contribution < 1.29 is 4.74 Å². The van der Waals surface area contributed by atoms with Crippen molar-refractivity contribution in [2.75, 3.05) is 19.0 Å². The van der Waals surface area contributed by atoms with Crippen LogP contribution in [0.25, 0.3) is 22.2 Å². The molecular weight excluding hydrogens is 282 g/mol. The summed E-state index contributed by atoms with van der Waals surface area (Å²) >= 11 is 1.68. The van der Waals surface area contributed by atoms with Crippen LogP contribution in [0.3, 0.4) is 0 Å². The summed E-state index contributed by atoms with van der Waals surface area (Å²) in [5.41, 5.74) is 3.35. The molecule has 1 aromatic carbocycles. The van der Waals surface area contributed by atoms with E-state index in [9.17, 15) is 0 Å². The molecule has 0 aliphatic carbocycles. The Morgan fingerprint density at radius 1 is 1.38 bits per heavy atom. The number of thiazole rings is 1. The molecule has 0 bridgehead atoms. The molecule has 1 atom stereocenters. The molecule has 2 N–H and O–H groups in total. The van der Waals surface area contributed by atoms with E-state index in [1.807, 2.05) is 12.3 Å².